The zero-order valence-corrected chi connectivity index (χ0v) is 13.9. The van der Waals surface area contributed by atoms with E-state index in [-0.39, 0.29) is 18.7 Å². The molecule has 0 unspecified atom stereocenters. The lowest BCUT2D eigenvalue weighted by Gasteiger charge is -2.20. The van der Waals surface area contributed by atoms with Gasteiger partial charge in [-0.25, -0.2) is 9.78 Å². The summed E-state index contributed by atoms with van der Waals surface area (Å²) in [7, 11) is 1.62. The van der Waals surface area contributed by atoms with Crippen LogP contribution >= 0.6 is 0 Å². The van der Waals surface area contributed by atoms with Gasteiger partial charge >= 0.3 is 5.97 Å². The number of esters is 1. The zero-order chi connectivity index (χ0) is 18.3. The van der Waals surface area contributed by atoms with Crippen LogP contribution in [0.25, 0.3) is 0 Å². The molecule has 0 saturated carbocycles. The van der Waals surface area contributed by atoms with Crippen molar-refractivity contribution in [3.05, 3.63) is 18.2 Å². The molecule has 9 heteroatoms. The molecule has 0 radical (unpaired) electrons. The number of carbonyl (C=O) groups excluding carboxylic acids is 3. The number of rotatable bonds is 9. The van der Waals surface area contributed by atoms with Crippen molar-refractivity contribution in [3.63, 3.8) is 0 Å². The molecular formula is C15H22N4O5. The summed E-state index contributed by atoms with van der Waals surface area (Å²) in [5.74, 6) is -1.88. The number of hydrogen-bond acceptors (Lipinski definition) is 7. The Hall–Kier alpha value is -2.55. The summed E-state index contributed by atoms with van der Waals surface area (Å²) in [6.07, 6.45) is 1.57. The number of nitrogens with zero attached hydrogens (tertiary/aromatic N) is 2. The third kappa shape index (κ3) is 5.58. The van der Waals surface area contributed by atoms with Crippen LogP contribution in [-0.4, -0.2) is 50.7 Å². The SMILES string of the molecule is CC(C)OC(=O)[C@H](CCC(=O)C=N)NC(=O)[C@@H](O)c1nccn1C. The van der Waals surface area contributed by atoms with E-state index in [0.717, 1.165) is 0 Å². The molecule has 0 aliphatic heterocycles. The molecule has 0 aliphatic carbocycles. The highest BCUT2D eigenvalue weighted by Gasteiger charge is 2.28. The second-order valence-corrected chi connectivity index (χ2v) is 5.50. The zero-order valence-electron chi connectivity index (χ0n) is 13.9. The molecular weight excluding hydrogens is 316 g/mol. The molecule has 0 aromatic carbocycles. The van der Waals surface area contributed by atoms with Crippen LogP contribution in [0.15, 0.2) is 12.4 Å². The van der Waals surface area contributed by atoms with Crippen LogP contribution in [0.1, 0.15) is 38.6 Å². The minimum Gasteiger partial charge on any atom is -0.461 e. The lowest BCUT2D eigenvalue weighted by molar-refractivity contribution is -0.152. The van der Waals surface area contributed by atoms with Gasteiger partial charge in [-0.2, -0.15) is 0 Å². The van der Waals surface area contributed by atoms with Crippen molar-refractivity contribution in [2.24, 2.45) is 7.05 Å². The smallest absolute Gasteiger partial charge is 0.328 e. The molecule has 9 nitrogen and oxygen atoms in total. The highest BCUT2D eigenvalue weighted by atomic mass is 16.5. The molecule has 1 heterocycles. The summed E-state index contributed by atoms with van der Waals surface area (Å²) in [4.78, 5) is 39.3. The summed E-state index contributed by atoms with van der Waals surface area (Å²) in [6, 6.07) is -1.10. The number of aromatic nitrogens is 2. The second kappa shape index (κ2) is 8.92. The minimum atomic E-state index is -1.56. The van der Waals surface area contributed by atoms with Crippen LogP contribution in [0.4, 0.5) is 0 Å². The number of ether oxygens (including phenoxy) is 1. The second-order valence-electron chi connectivity index (χ2n) is 5.50. The Morgan fingerprint density at radius 2 is 2.12 bits per heavy atom. The monoisotopic (exact) mass is 338 g/mol. The van der Waals surface area contributed by atoms with E-state index in [4.69, 9.17) is 10.1 Å². The van der Waals surface area contributed by atoms with Gasteiger partial charge in [-0.15, -0.1) is 0 Å². The van der Waals surface area contributed by atoms with Gasteiger partial charge in [0, 0.05) is 25.9 Å². The van der Waals surface area contributed by atoms with Gasteiger partial charge < -0.3 is 25.1 Å². The van der Waals surface area contributed by atoms with Crippen molar-refractivity contribution in [2.45, 2.75) is 44.9 Å². The predicted octanol–water partition coefficient (Wildman–Crippen LogP) is -0.111. The topological polar surface area (TPSA) is 134 Å². The Morgan fingerprint density at radius 3 is 2.62 bits per heavy atom. The number of aryl methyl sites for hydroxylation is 1. The molecule has 1 rings (SSSR count). The third-order valence-corrected chi connectivity index (χ3v) is 3.14. The molecule has 0 aliphatic rings. The largest absolute Gasteiger partial charge is 0.461 e. The van der Waals surface area contributed by atoms with E-state index in [2.05, 4.69) is 10.3 Å². The maximum absolute atomic E-state index is 12.2. The van der Waals surface area contributed by atoms with Crippen LogP contribution < -0.4 is 5.32 Å². The maximum atomic E-state index is 12.2. The van der Waals surface area contributed by atoms with E-state index < -0.39 is 35.9 Å². The molecule has 1 aromatic rings. The fourth-order valence-corrected chi connectivity index (χ4v) is 1.93. The molecule has 3 N–H and O–H groups in total. The molecule has 0 fully saturated rings. The van der Waals surface area contributed by atoms with Gasteiger partial charge in [-0.1, -0.05) is 0 Å². The highest BCUT2D eigenvalue weighted by molar-refractivity contribution is 6.26. The Bertz CT molecular complexity index is 611. The van der Waals surface area contributed by atoms with Crippen LogP contribution in [0, 0.1) is 5.41 Å². The molecule has 132 valence electrons. The van der Waals surface area contributed by atoms with E-state index >= 15 is 0 Å². The van der Waals surface area contributed by atoms with Crippen molar-refractivity contribution in [1.29, 1.82) is 5.41 Å². The quantitative estimate of drug-likeness (QED) is 0.425. The number of Topliss-reactive ketones (excluding diaryl/α,β-unsaturated/α-hetero) is 1. The standard InChI is InChI=1S/C15H22N4O5/c1-9(2)24-15(23)11(5-4-10(20)8-16)18-14(22)12(21)13-17-6-7-19(13)3/h6-9,11-12,16,21H,4-5H2,1-3H3,(H,18,22)/t11-,12-/m0/s1. The lowest BCUT2D eigenvalue weighted by atomic mass is 10.1. The summed E-state index contributed by atoms with van der Waals surface area (Å²) in [6.45, 7) is 3.31. The molecule has 0 spiro atoms. The van der Waals surface area contributed by atoms with Crippen LogP contribution in [0.2, 0.25) is 0 Å². The van der Waals surface area contributed by atoms with Gasteiger partial charge in [0.15, 0.2) is 11.9 Å². The normalized spacial score (nSPS) is 13.2. The molecule has 0 bridgehead atoms. The summed E-state index contributed by atoms with van der Waals surface area (Å²) < 4.78 is 6.53. The lowest BCUT2D eigenvalue weighted by Crippen LogP contribution is -2.45. The van der Waals surface area contributed by atoms with Crippen LogP contribution in [-0.2, 0) is 26.2 Å². The number of nitrogens with one attached hydrogen (secondary N) is 2. The van der Waals surface area contributed by atoms with Gasteiger partial charge in [0.05, 0.1) is 12.3 Å². The van der Waals surface area contributed by atoms with Crippen molar-refractivity contribution in [1.82, 2.24) is 14.9 Å². The van der Waals surface area contributed by atoms with E-state index in [1.807, 2.05) is 0 Å². The van der Waals surface area contributed by atoms with Gasteiger partial charge in [0.1, 0.15) is 11.9 Å². The van der Waals surface area contributed by atoms with Gasteiger partial charge in [-0.05, 0) is 20.3 Å². The summed E-state index contributed by atoms with van der Waals surface area (Å²) in [5.41, 5.74) is 0. The van der Waals surface area contributed by atoms with Gasteiger partial charge in [0.2, 0.25) is 0 Å². The highest BCUT2D eigenvalue weighted by Crippen LogP contribution is 2.11. The van der Waals surface area contributed by atoms with Crippen molar-refractivity contribution >= 4 is 23.9 Å². The van der Waals surface area contributed by atoms with Crippen molar-refractivity contribution < 1.29 is 24.2 Å². The first-order valence-corrected chi connectivity index (χ1v) is 7.45. The van der Waals surface area contributed by atoms with Crippen molar-refractivity contribution in [3.8, 4) is 0 Å². The van der Waals surface area contributed by atoms with Crippen LogP contribution in [0.3, 0.4) is 0 Å². The predicted molar refractivity (Wildman–Crippen MR) is 84.4 cm³/mol. The number of ketones is 1. The Morgan fingerprint density at radius 1 is 1.46 bits per heavy atom. The number of hydrogen-bond donors (Lipinski definition) is 3. The average Bonchev–Trinajstić information content (AvgIpc) is 2.95. The molecule has 1 amide bonds. The molecule has 0 saturated heterocycles. The van der Waals surface area contributed by atoms with E-state index in [1.165, 1.54) is 10.8 Å². The Kier molecular flexibility index (Phi) is 7.25. The van der Waals surface area contributed by atoms with E-state index in [9.17, 15) is 19.5 Å². The maximum Gasteiger partial charge on any atom is 0.328 e. The fraction of sp³-hybridized carbons (Fsp3) is 0.533. The first kappa shape index (κ1) is 19.5. The summed E-state index contributed by atoms with van der Waals surface area (Å²) >= 11 is 0. The molecule has 2 atom stereocenters. The Labute approximate surface area is 139 Å². The Balaban J connectivity index is 2.80. The number of carbonyl (C=O) groups is 3. The van der Waals surface area contributed by atoms with E-state index in [1.54, 1.807) is 27.1 Å². The first-order chi connectivity index (χ1) is 11.3. The van der Waals surface area contributed by atoms with Crippen molar-refractivity contribution in [2.75, 3.05) is 0 Å². The first-order valence-electron chi connectivity index (χ1n) is 7.45. The van der Waals surface area contributed by atoms with Gasteiger partial charge in [-0.3, -0.25) is 9.59 Å². The van der Waals surface area contributed by atoms with Crippen LogP contribution in [0.5, 0.6) is 0 Å². The number of imidazole rings is 1. The fourth-order valence-electron chi connectivity index (χ4n) is 1.93. The average molecular weight is 338 g/mol. The minimum absolute atomic E-state index is 0.0290. The number of aliphatic hydroxyl groups is 1. The number of amides is 1. The molecule has 1 aromatic heterocycles. The number of aliphatic hydroxyl groups excluding tert-OH is 1. The molecule has 24 heavy (non-hydrogen) atoms. The summed E-state index contributed by atoms with van der Waals surface area (Å²) in [5, 5.41) is 19.3. The van der Waals surface area contributed by atoms with Gasteiger partial charge in [0.25, 0.3) is 5.91 Å². The van der Waals surface area contributed by atoms with E-state index in [0.29, 0.717) is 6.21 Å². The third-order valence-electron chi connectivity index (χ3n) is 3.14.